The number of aryl methyl sites for hydroxylation is 3. The summed E-state index contributed by atoms with van der Waals surface area (Å²) >= 11 is 1.45. The van der Waals surface area contributed by atoms with Gasteiger partial charge in [0.2, 0.25) is 5.91 Å². The van der Waals surface area contributed by atoms with E-state index in [4.69, 9.17) is 0 Å². The van der Waals surface area contributed by atoms with Crippen LogP contribution in [0.3, 0.4) is 0 Å². The summed E-state index contributed by atoms with van der Waals surface area (Å²) in [6.45, 7) is 8.12. The van der Waals surface area contributed by atoms with Gasteiger partial charge < -0.3 is 10.3 Å². The second-order valence-electron chi connectivity index (χ2n) is 6.21. The first kappa shape index (κ1) is 17.5. The number of nitrogens with zero attached hydrogens (tertiary/aromatic N) is 2. The number of carbonyl (C=O) groups excluding carboxylic acids is 1. The Morgan fingerprint density at radius 3 is 2.64 bits per heavy atom. The fourth-order valence-corrected chi connectivity index (χ4v) is 3.85. The van der Waals surface area contributed by atoms with Gasteiger partial charge in [-0.2, -0.15) is 0 Å². The van der Waals surface area contributed by atoms with Gasteiger partial charge in [-0.1, -0.05) is 36.4 Å². The number of hydrogen-bond donors (Lipinski definition) is 2. The smallest absolute Gasteiger partial charge is 0.237 e. The zero-order chi connectivity index (χ0) is 18.0. The number of amides is 1. The Morgan fingerprint density at radius 2 is 2.00 bits per heavy atom. The molecule has 2 aromatic heterocycles. The van der Waals surface area contributed by atoms with Gasteiger partial charge in [0, 0.05) is 11.9 Å². The molecule has 1 amide bonds. The quantitative estimate of drug-likeness (QED) is 0.667. The summed E-state index contributed by atoms with van der Waals surface area (Å²) in [5, 5.41) is 3.62. The van der Waals surface area contributed by atoms with Crippen LogP contribution in [-0.4, -0.2) is 26.1 Å². The number of fused-ring (bicyclic) bond motifs is 1. The van der Waals surface area contributed by atoms with Crippen LogP contribution in [-0.2, 0) is 4.79 Å². The highest BCUT2D eigenvalue weighted by atomic mass is 32.2. The summed E-state index contributed by atoms with van der Waals surface area (Å²) in [5.74, 6) is 0.00105. The molecular formula is C19H22N4OS. The van der Waals surface area contributed by atoms with Gasteiger partial charge in [0.25, 0.3) is 0 Å². The topological polar surface area (TPSA) is 70.7 Å². The number of pyridine rings is 1. The molecule has 5 nitrogen and oxygen atoms in total. The number of aromatic nitrogens is 3. The highest BCUT2D eigenvalue weighted by molar-refractivity contribution is 8.00. The van der Waals surface area contributed by atoms with Gasteiger partial charge in [-0.3, -0.25) is 9.78 Å². The number of imidazole rings is 1. The van der Waals surface area contributed by atoms with Crippen molar-refractivity contribution in [1.82, 2.24) is 15.0 Å². The standard InChI is InChI=1S/C19H22N4OS/c1-5-16(25-19-21-14-6-7-20-10-15(14)22-19)18(24)23-17-12(3)8-11(2)9-13(17)4/h6-10,16H,5H2,1-4H3,(H,21,22)(H,23,24)/t16-/m0/s1. The van der Waals surface area contributed by atoms with Crippen LogP contribution < -0.4 is 5.32 Å². The summed E-state index contributed by atoms with van der Waals surface area (Å²) < 4.78 is 0. The third kappa shape index (κ3) is 3.85. The summed E-state index contributed by atoms with van der Waals surface area (Å²) in [6.07, 6.45) is 4.17. The molecule has 130 valence electrons. The second kappa shape index (κ2) is 7.27. The molecule has 25 heavy (non-hydrogen) atoms. The third-order valence-corrected chi connectivity index (χ3v) is 5.35. The number of benzene rings is 1. The molecular weight excluding hydrogens is 332 g/mol. The zero-order valence-corrected chi connectivity index (χ0v) is 15.7. The summed E-state index contributed by atoms with van der Waals surface area (Å²) in [4.78, 5) is 24.6. The normalized spacial score (nSPS) is 12.3. The molecule has 2 heterocycles. The van der Waals surface area contributed by atoms with Crippen LogP contribution >= 0.6 is 11.8 Å². The lowest BCUT2D eigenvalue weighted by molar-refractivity contribution is -0.115. The zero-order valence-electron chi connectivity index (χ0n) is 14.9. The fourth-order valence-electron chi connectivity index (χ4n) is 2.93. The largest absolute Gasteiger partial charge is 0.332 e. The van der Waals surface area contributed by atoms with E-state index in [1.807, 2.05) is 26.8 Å². The fraction of sp³-hybridized carbons (Fsp3) is 0.316. The highest BCUT2D eigenvalue weighted by Crippen LogP contribution is 2.28. The van der Waals surface area contributed by atoms with Gasteiger partial charge in [0.05, 0.1) is 22.5 Å². The van der Waals surface area contributed by atoms with E-state index in [2.05, 4.69) is 39.3 Å². The van der Waals surface area contributed by atoms with Crippen molar-refractivity contribution >= 4 is 34.4 Å². The van der Waals surface area contributed by atoms with E-state index in [-0.39, 0.29) is 11.2 Å². The average molecular weight is 354 g/mol. The van der Waals surface area contributed by atoms with E-state index < -0.39 is 0 Å². The summed E-state index contributed by atoms with van der Waals surface area (Å²) in [6, 6.07) is 6.03. The van der Waals surface area contributed by atoms with Crippen LogP contribution in [0.1, 0.15) is 30.0 Å². The van der Waals surface area contributed by atoms with E-state index in [0.29, 0.717) is 0 Å². The molecule has 0 unspecified atom stereocenters. The molecule has 0 fully saturated rings. The van der Waals surface area contributed by atoms with E-state index in [1.165, 1.54) is 17.3 Å². The molecule has 3 aromatic rings. The monoisotopic (exact) mass is 354 g/mol. The molecule has 0 radical (unpaired) electrons. The minimum absolute atomic E-state index is 0.00105. The Labute approximate surface area is 151 Å². The van der Waals surface area contributed by atoms with Gasteiger partial charge in [-0.15, -0.1) is 0 Å². The van der Waals surface area contributed by atoms with Gasteiger partial charge in [0.15, 0.2) is 5.16 Å². The Kier molecular flexibility index (Phi) is 5.08. The maximum atomic E-state index is 12.8. The molecule has 1 aromatic carbocycles. The molecule has 0 aliphatic carbocycles. The van der Waals surface area contributed by atoms with Crippen molar-refractivity contribution in [3.05, 3.63) is 47.3 Å². The van der Waals surface area contributed by atoms with Crippen molar-refractivity contribution in [2.75, 3.05) is 5.32 Å². The molecule has 2 N–H and O–H groups in total. The lowest BCUT2D eigenvalue weighted by Gasteiger charge is -2.17. The third-order valence-electron chi connectivity index (χ3n) is 4.10. The first-order valence-corrected chi connectivity index (χ1v) is 9.21. The first-order chi connectivity index (χ1) is 12.0. The molecule has 0 saturated heterocycles. The number of nitrogens with one attached hydrogen (secondary N) is 2. The number of carbonyl (C=O) groups is 1. The maximum Gasteiger partial charge on any atom is 0.237 e. The van der Waals surface area contributed by atoms with Gasteiger partial charge >= 0.3 is 0 Å². The van der Waals surface area contributed by atoms with Crippen LogP contribution in [0.5, 0.6) is 0 Å². The molecule has 0 spiro atoms. The van der Waals surface area contributed by atoms with E-state index in [9.17, 15) is 4.79 Å². The van der Waals surface area contributed by atoms with Crippen molar-refractivity contribution in [2.45, 2.75) is 44.5 Å². The maximum absolute atomic E-state index is 12.8. The van der Waals surface area contributed by atoms with Gasteiger partial charge in [0.1, 0.15) is 0 Å². The van der Waals surface area contributed by atoms with E-state index >= 15 is 0 Å². The Bertz CT molecular complexity index is 863. The van der Waals surface area contributed by atoms with Crippen LogP contribution in [0.4, 0.5) is 5.69 Å². The highest BCUT2D eigenvalue weighted by Gasteiger charge is 2.21. The number of aromatic amines is 1. The second-order valence-corrected chi connectivity index (χ2v) is 7.40. The molecule has 3 rings (SSSR count). The van der Waals surface area contributed by atoms with Gasteiger partial charge in [-0.05, 0) is 44.4 Å². The SMILES string of the molecule is CC[C@H](Sc1nc2ccncc2[nH]1)C(=O)Nc1c(C)cc(C)cc1C. The average Bonchev–Trinajstić information content (AvgIpc) is 2.98. The predicted octanol–water partition coefficient (Wildman–Crippen LogP) is 4.39. The molecule has 0 bridgehead atoms. The predicted molar refractivity (Wildman–Crippen MR) is 103 cm³/mol. The van der Waals surface area contributed by atoms with Crippen molar-refractivity contribution in [3.63, 3.8) is 0 Å². The van der Waals surface area contributed by atoms with Crippen LogP contribution in [0, 0.1) is 20.8 Å². The lowest BCUT2D eigenvalue weighted by atomic mass is 10.0. The Balaban J connectivity index is 1.77. The number of hydrogen-bond acceptors (Lipinski definition) is 4. The van der Waals surface area contributed by atoms with Crippen molar-refractivity contribution in [2.24, 2.45) is 0 Å². The molecule has 0 saturated carbocycles. The number of anilines is 1. The minimum atomic E-state index is -0.214. The Morgan fingerprint density at radius 1 is 1.28 bits per heavy atom. The number of thioether (sulfide) groups is 1. The summed E-state index contributed by atoms with van der Waals surface area (Å²) in [7, 11) is 0. The lowest BCUT2D eigenvalue weighted by Crippen LogP contribution is -2.25. The van der Waals surface area contributed by atoms with Crippen molar-refractivity contribution in [1.29, 1.82) is 0 Å². The van der Waals surface area contributed by atoms with Crippen LogP contribution in [0.15, 0.2) is 35.7 Å². The van der Waals surface area contributed by atoms with Crippen LogP contribution in [0.2, 0.25) is 0 Å². The van der Waals surface area contributed by atoms with E-state index in [1.54, 1.807) is 12.4 Å². The molecule has 0 aliphatic rings. The minimum Gasteiger partial charge on any atom is -0.332 e. The summed E-state index contributed by atoms with van der Waals surface area (Å²) in [5.41, 5.74) is 6.01. The van der Waals surface area contributed by atoms with Crippen molar-refractivity contribution in [3.8, 4) is 0 Å². The van der Waals surface area contributed by atoms with Gasteiger partial charge in [-0.25, -0.2) is 4.98 Å². The number of H-pyrrole nitrogens is 1. The molecule has 0 aliphatic heterocycles. The molecule has 6 heteroatoms. The molecule has 1 atom stereocenters. The number of rotatable bonds is 5. The van der Waals surface area contributed by atoms with E-state index in [0.717, 1.165) is 39.4 Å². The Hall–Kier alpha value is -2.34. The van der Waals surface area contributed by atoms with Crippen molar-refractivity contribution < 1.29 is 4.79 Å². The van der Waals surface area contributed by atoms with Crippen LogP contribution in [0.25, 0.3) is 11.0 Å². The first-order valence-electron chi connectivity index (χ1n) is 8.33.